The number of rotatable bonds is 11. The third kappa shape index (κ3) is 8.21. The van der Waals surface area contributed by atoms with E-state index in [9.17, 15) is 18.0 Å². The molecule has 0 radical (unpaired) electrons. The molecule has 0 aliphatic heterocycles. The Morgan fingerprint density at radius 1 is 1.06 bits per heavy atom. The maximum atomic E-state index is 13.1. The molecule has 2 aromatic carbocycles. The second-order valence-corrected chi connectivity index (χ2v) is 10.4. The molecule has 0 fully saturated rings. The molecule has 33 heavy (non-hydrogen) atoms. The molecule has 0 saturated carbocycles. The fourth-order valence-corrected chi connectivity index (χ4v) is 4.65. The molecule has 2 aromatic rings. The standard InChI is InChI=1S/C23H29Cl2N3O4S/c1-4-26-23(30)17(2)27(16-18-7-5-8-20(25)15-18)22(29)9-6-14-28(33(3,31)32)21-12-10-19(24)11-13-21/h5,7-8,10-13,15,17H,4,6,9,14,16H2,1-3H3,(H,26,30)/t17-/m0/s1. The van der Waals surface area contributed by atoms with Gasteiger partial charge in [-0.15, -0.1) is 0 Å². The van der Waals surface area contributed by atoms with Crippen LogP contribution >= 0.6 is 23.2 Å². The molecule has 7 nitrogen and oxygen atoms in total. The number of carbonyl (C=O) groups is 2. The molecule has 180 valence electrons. The molecule has 0 aliphatic rings. The molecule has 0 saturated heterocycles. The van der Waals surface area contributed by atoms with Crippen molar-refractivity contribution >= 4 is 50.7 Å². The summed E-state index contributed by atoms with van der Waals surface area (Å²) in [6, 6.07) is 12.9. The minimum absolute atomic E-state index is 0.0733. The molecule has 2 amide bonds. The second kappa shape index (κ2) is 12.3. The first-order valence-electron chi connectivity index (χ1n) is 10.6. The van der Waals surface area contributed by atoms with Crippen molar-refractivity contribution in [1.82, 2.24) is 10.2 Å². The summed E-state index contributed by atoms with van der Waals surface area (Å²) in [7, 11) is -3.55. The third-order valence-corrected chi connectivity index (χ3v) is 6.71. The van der Waals surface area contributed by atoms with Crippen molar-refractivity contribution < 1.29 is 18.0 Å². The number of likely N-dealkylation sites (N-methyl/N-ethyl adjacent to an activating group) is 1. The predicted molar refractivity (Wildman–Crippen MR) is 133 cm³/mol. The van der Waals surface area contributed by atoms with Crippen molar-refractivity contribution in [2.24, 2.45) is 0 Å². The van der Waals surface area contributed by atoms with E-state index in [0.29, 0.717) is 22.3 Å². The Balaban J connectivity index is 2.14. The fourth-order valence-electron chi connectivity index (χ4n) is 3.35. The smallest absolute Gasteiger partial charge is 0.242 e. The van der Waals surface area contributed by atoms with Gasteiger partial charge in [-0.05, 0) is 62.2 Å². The number of nitrogens with zero attached hydrogens (tertiary/aromatic N) is 2. The zero-order valence-corrected chi connectivity index (χ0v) is 21.3. The lowest BCUT2D eigenvalue weighted by Gasteiger charge is -2.29. The van der Waals surface area contributed by atoms with E-state index in [2.05, 4.69) is 5.32 Å². The average molecular weight is 514 g/mol. The van der Waals surface area contributed by atoms with Crippen molar-refractivity contribution in [3.63, 3.8) is 0 Å². The van der Waals surface area contributed by atoms with Crippen LogP contribution in [0.25, 0.3) is 0 Å². The lowest BCUT2D eigenvalue weighted by atomic mass is 10.1. The molecule has 0 spiro atoms. The topological polar surface area (TPSA) is 86.8 Å². The van der Waals surface area contributed by atoms with Crippen LogP contribution in [0, 0.1) is 0 Å². The second-order valence-electron chi connectivity index (χ2n) is 7.64. The van der Waals surface area contributed by atoms with Gasteiger partial charge in [0.1, 0.15) is 6.04 Å². The van der Waals surface area contributed by atoms with Crippen LogP contribution in [0.3, 0.4) is 0 Å². The maximum Gasteiger partial charge on any atom is 0.242 e. The van der Waals surface area contributed by atoms with Gasteiger partial charge in [-0.3, -0.25) is 13.9 Å². The number of hydrogen-bond acceptors (Lipinski definition) is 4. The monoisotopic (exact) mass is 513 g/mol. The summed E-state index contributed by atoms with van der Waals surface area (Å²) in [4.78, 5) is 27.1. The van der Waals surface area contributed by atoms with Crippen LogP contribution in [0.15, 0.2) is 48.5 Å². The van der Waals surface area contributed by atoms with E-state index in [4.69, 9.17) is 23.2 Å². The highest BCUT2D eigenvalue weighted by Gasteiger charge is 2.26. The zero-order valence-electron chi connectivity index (χ0n) is 18.9. The average Bonchev–Trinajstić information content (AvgIpc) is 2.74. The lowest BCUT2D eigenvalue weighted by molar-refractivity contribution is -0.140. The largest absolute Gasteiger partial charge is 0.355 e. The van der Waals surface area contributed by atoms with E-state index < -0.39 is 16.1 Å². The minimum atomic E-state index is -3.55. The van der Waals surface area contributed by atoms with Crippen LogP contribution in [0.4, 0.5) is 5.69 Å². The summed E-state index contributed by atoms with van der Waals surface area (Å²) < 4.78 is 25.8. The quantitative estimate of drug-likeness (QED) is 0.490. The molecule has 0 bridgehead atoms. The Morgan fingerprint density at radius 3 is 2.30 bits per heavy atom. The zero-order chi connectivity index (χ0) is 24.6. The van der Waals surface area contributed by atoms with E-state index in [0.717, 1.165) is 11.8 Å². The Hall–Kier alpha value is -2.29. The molecule has 0 aromatic heterocycles. The number of amides is 2. The lowest BCUT2D eigenvalue weighted by Crippen LogP contribution is -2.47. The maximum absolute atomic E-state index is 13.1. The van der Waals surface area contributed by atoms with Crippen LogP contribution in [0.2, 0.25) is 10.0 Å². The Bertz CT molecular complexity index is 1060. The van der Waals surface area contributed by atoms with Gasteiger partial charge in [0, 0.05) is 36.1 Å². The van der Waals surface area contributed by atoms with E-state index in [1.165, 1.54) is 9.21 Å². The van der Waals surface area contributed by atoms with Crippen molar-refractivity contribution in [2.75, 3.05) is 23.7 Å². The van der Waals surface area contributed by atoms with Crippen LogP contribution in [-0.4, -0.2) is 50.5 Å². The summed E-state index contributed by atoms with van der Waals surface area (Å²) in [6.45, 7) is 4.26. The van der Waals surface area contributed by atoms with Crippen LogP contribution in [-0.2, 0) is 26.2 Å². The fraction of sp³-hybridized carbons (Fsp3) is 0.391. The molecule has 1 N–H and O–H groups in total. The van der Waals surface area contributed by atoms with Crippen molar-refractivity contribution in [3.8, 4) is 0 Å². The number of hydrogen-bond donors (Lipinski definition) is 1. The molecule has 0 unspecified atom stereocenters. The predicted octanol–water partition coefficient (Wildman–Crippen LogP) is 4.09. The van der Waals surface area contributed by atoms with E-state index in [1.54, 1.807) is 49.4 Å². The molecule has 0 aliphatic carbocycles. The number of sulfonamides is 1. The van der Waals surface area contributed by atoms with Crippen molar-refractivity contribution in [3.05, 3.63) is 64.1 Å². The normalized spacial score (nSPS) is 12.2. The Morgan fingerprint density at radius 2 is 1.73 bits per heavy atom. The highest BCUT2D eigenvalue weighted by molar-refractivity contribution is 7.92. The van der Waals surface area contributed by atoms with Gasteiger partial charge in [0.05, 0.1) is 11.9 Å². The number of halogens is 2. The van der Waals surface area contributed by atoms with Gasteiger partial charge in [-0.2, -0.15) is 0 Å². The number of carbonyl (C=O) groups excluding carboxylic acids is 2. The van der Waals surface area contributed by atoms with Gasteiger partial charge in [-0.25, -0.2) is 8.42 Å². The minimum Gasteiger partial charge on any atom is -0.355 e. The number of anilines is 1. The van der Waals surface area contributed by atoms with Gasteiger partial charge >= 0.3 is 0 Å². The Kier molecular flexibility index (Phi) is 10.0. The van der Waals surface area contributed by atoms with E-state index in [-0.39, 0.29) is 37.7 Å². The van der Waals surface area contributed by atoms with Gasteiger partial charge in [0.25, 0.3) is 0 Å². The highest BCUT2D eigenvalue weighted by Crippen LogP contribution is 2.22. The summed E-state index contributed by atoms with van der Waals surface area (Å²) in [5, 5.41) is 3.78. The van der Waals surface area contributed by atoms with Crippen molar-refractivity contribution in [2.45, 2.75) is 39.3 Å². The summed E-state index contributed by atoms with van der Waals surface area (Å²) in [5.74, 6) is -0.509. The first-order chi connectivity index (χ1) is 15.5. The van der Waals surface area contributed by atoms with Crippen LogP contribution in [0.5, 0.6) is 0 Å². The molecule has 1 atom stereocenters. The SMILES string of the molecule is CCNC(=O)[C@H](C)N(Cc1cccc(Cl)c1)C(=O)CCCN(c1ccc(Cl)cc1)S(C)(=O)=O. The molecular weight excluding hydrogens is 485 g/mol. The van der Waals surface area contributed by atoms with Gasteiger partial charge < -0.3 is 10.2 Å². The van der Waals surface area contributed by atoms with Crippen molar-refractivity contribution in [1.29, 1.82) is 0 Å². The van der Waals surface area contributed by atoms with E-state index >= 15 is 0 Å². The number of nitrogens with one attached hydrogen (secondary N) is 1. The summed E-state index contributed by atoms with van der Waals surface area (Å²) in [5.41, 5.74) is 1.27. The van der Waals surface area contributed by atoms with Crippen LogP contribution < -0.4 is 9.62 Å². The Labute approximate surface area is 205 Å². The molecule has 2 rings (SSSR count). The van der Waals surface area contributed by atoms with Gasteiger partial charge in [0.2, 0.25) is 21.8 Å². The molecule has 0 heterocycles. The first kappa shape index (κ1) is 27.0. The van der Waals surface area contributed by atoms with Gasteiger partial charge in [-0.1, -0.05) is 35.3 Å². The highest BCUT2D eigenvalue weighted by atomic mass is 35.5. The van der Waals surface area contributed by atoms with E-state index in [1.807, 2.05) is 13.0 Å². The van der Waals surface area contributed by atoms with Gasteiger partial charge in [0.15, 0.2) is 0 Å². The third-order valence-electron chi connectivity index (χ3n) is 5.03. The van der Waals surface area contributed by atoms with Crippen LogP contribution in [0.1, 0.15) is 32.3 Å². The molecule has 10 heteroatoms. The molecular formula is C23H29Cl2N3O4S. The number of benzene rings is 2. The first-order valence-corrected chi connectivity index (χ1v) is 13.2. The summed E-state index contributed by atoms with van der Waals surface area (Å²) in [6.07, 6.45) is 1.47. The summed E-state index contributed by atoms with van der Waals surface area (Å²) >= 11 is 12.0.